The summed E-state index contributed by atoms with van der Waals surface area (Å²) in [6, 6.07) is 1.96. The zero-order chi connectivity index (χ0) is 14.6. The summed E-state index contributed by atoms with van der Waals surface area (Å²) >= 11 is 0. The summed E-state index contributed by atoms with van der Waals surface area (Å²) in [5.74, 6) is -1.64. The number of pyridine rings is 1. The molecule has 19 heavy (non-hydrogen) atoms. The van der Waals surface area contributed by atoms with Crippen molar-refractivity contribution in [3.8, 4) is 0 Å². The molecule has 1 unspecified atom stereocenters. The van der Waals surface area contributed by atoms with Crippen molar-refractivity contribution in [2.75, 3.05) is 0 Å². The molecule has 0 aliphatic carbocycles. The monoisotopic (exact) mass is 266 g/mol. The van der Waals surface area contributed by atoms with Gasteiger partial charge in [0.05, 0.1) is 0 Å². The van der Waals surface area contributed by atoms with Crippen LogP contribution in [-0.4, -0.2) is 27.6 Å². The molecule has 104 valence electrons. The third-order valence-electron chi connectivity index (χ3n) is 2.68. The molecule has 6 heteroatoms. The highest BCUT2D eigenvalue weighted by molar-refractivity contribution is 5.96. The van der Waals surface area contributed by atoms with Gasteiger partial charge in [-0.3, -0.25) is 9.59 Å². The predicted molar refractivity (Wildman–Crippen MR) is 70.0 cm³/mol. The fourth-order valence-corrected chi connectivity index (χ4v) is 1.70. The maximum absolute atomic E-state index is 11.9. The van der Waals surface area contributed by atoms with Gasteiger partial charge in [-0.1, -0.05) is 13.8 Å². The van der Waals surface area contributed by atoms with Crippen molar-refractivity contribution >= 4 is 11.9 Å². The molecule has 1 amide bonds. The van der Waals surface area contributed by atoms with Crippen molar-refractivity contribution in [2.45, 2.75) is 26.3 Å². The molecule has 0 radical (unpaired) electrons. The summed E-state index contributed by atoms with van der Waals surface area (Å²) in [7, 11) is 1.53. The van der Waals surface area contributed by atoms with Crippen LogP contribution in [0.1, 0.15) is 30.6 Å². The number of carbonyl (C=O) groups excluding carboxylic acids is 1. The van der Waals surface area contributed by atoms with Crippen LogP contribution in [0, 0.1) is 5.92 Å². The lowest BCUT2D eigenvalue weighted by Gasteiger charge is -2.16. The number of aliphatic carboxylic acids is 1. The second-order valence-electron chi connectivity index (χ2n) is 4.83. The minimum absolute atomic E-state index is 0.0555. The average molecular weight is 266 g/mol. The maximum atomic E-state index is 11.9. The molecule has 1 atom stereocenters. The van der Waals surface area contributed by atoms with Crippen LogP contribution in [0.3, 0.4) is 0 Å². The number of hydrogen-bond donors (Lipinski definition) is 2. The van der Waals surface area contributed by atoms with E-state index in [9.17, 15) is 14.4 Å². The van der Waals surface area contributed by atoms with Crippen molar-refractivity contribution in [2.24, 2.45) is 13.0 Å². The Morgan fingerprint density at radius 3 is 2.58 bits per heavy atom. The van der Waals surface area contributed by atoms with E-state index in [1.54, 1.807) is 6.07 Å². The van der Waals surface area contributed by atoms with Crippen LogP contribution < -0.4 is 10.9 Å². The second kappa shape index (κ2) is 6.17. The molecule has 0 aliphatic rings. The molecule has 0 saturated carbocycles. The lowest BCUT2D eigenvalue weighted by Crippen LogP contribution is -2.43. The van der Waals surface area contributed by atoms with E-state index in [0.717, 1.165) is 0 Å². The largest absolute Gasteiger partial charge is 0.480 e. The average Bonchev–Trinajstić information content (AvgIpc) is 2.31. The Morgan fingerprint density at radius 2 is 2.05 bits per heavy atom. The van der Waals surface area contributed by atoms with Crippen molar-refractivity contribution in [3.05, 3.63) is 34.2 Å². The van der Waals surface area contributed by atoms with Gasteiger partial charge in [-0.15, -0.1) is 0 Å². The Balaban J connectivity index is 2.91. The van der Waals surface area contributed by atoms with Crippen LogP contribution >= 0.6 is 0 Å². The van der Waals surface area contributed by atoms with Gasteiger partial charge < -0.3 is 15.0 Å². The highest BCUT2D eigenvalue weighted by Crippen LogP contribution is 2.05. The van der Waals surface area contributed by atoms with E-state index in [4.69, 9.17) is 5.11 Å². The summed E-state index contributed by atoms with van der Waals surface area (Å²) < 4.78 is 1.27. The van der Waals surface area contributed by atoms with Gasteiger partial charge in [0, 0.05) is 13.2 Å². The van der Waals surface area contributed by atoms with Gasteiger partial charge in [0.2, 0.25) is 0 Å². The fraction of sp³-hybridized carbons (Fsp3) is 0.462. The molecule has 2 N–H and O–H groups in total. The molecule has 6 nitrogen and oxygen atoms in total. The Morgan fingerprint density at radius 1 is 1.42 bits per heavy atom. The van der Waals surface area contributed by atoms with Gasteiger partial charge >= 0.3 is 5.97 Å². The van der Waals surface area contributed by atoms with Crippen molar-refractivity contribution in [1.29, 1.82) is 0 Å². The molecular formula is C13H18N2O4. The number of hydrogen-bond acceptors (Lipinski definition) is 3. The topological polar surface area (TPSA) is 88.4 Å². The third-order valence-corrected chi connectivity index (χ3v) is 2.68. The van der Waals surface area contributed by atoms with E-state index < -0.39 is 23.5 Å². The molecule has 0 fully saturated rings. The highest BCUT2D eigenvalue weighted by Gasteiger charge is 2.22. The van der Waals surface area contributed by atoms with E-state index in [-0.39, 0.29) is 11.5 Å². The minimum Gasteiger partial charge on any atom is -0.480 e. The molecule has 1 aromatic heterocycles. The zero-order valence-electron chi connectivity index (χ0n) is 11.2. The molecule has 0 aromatic carbocycles. The summed E-state index contributed by atoms with van der Waals surface area (Å²) in [4.78, 5) is 34.7. The van der Waals surface area contributed by atoms with Crippen LogP contribution in [0.2, 0.25) is 0 Å². The van der Waals surface area contributed by atoms with E-state index in [1.165, 1.54) is 23.9 Å². The molecule has 1 rings (SSSR count). The Kier molecular flexibility index (Phi) is 4.86. The first-order valence-corrected chi connectivity index (χ1v) is 6.02. The summed E-state index contributed by atoms with van der Waals surface area (Å²) in [5.41, 5.74) is -0.506. The normalized spacial score (nSPS) is 12.2. The number of aromatic nitrogens is 1. The quantitative estimate of drug-likeness (QED) is 0.817. The number of amides is 1. The summed E-state index contributed by atoms with van der Waals surface area (Å²) in [6.45, 7) is 3.73. The van der Waals surface area contributed by atoms with E-state index in [0.29, 0.717) is 6.42 Å². The minimum atomic E-state index is -1.10. The van der Waals surface area contributed by atoms with Crippen LogP contribution in [-0.2, 0) is 11.8 Å². The number of carboxylic acid groups (broad SMARTS) is 1. The van der Waals surface area contributed by atoms with Crippen LogP contribution in [0.25, 0.3) is 0 Å². The van der Waals surface area contributed by atoms with Gasteiger partial charge in [0.1, 0.15) is 11.6 Å². The van der Waals surface area contributed by atoms with Crippen LogP contribution in [0.4, 0.5) is 0 Å². The molecule has 1 heterocycles. The molecule has 0 spiro atoms. The molecule has 0 aliphatic heterocycles. The Labute approximate surface area is 111 Å². The predicted octanol–water partition coefficient (Wildman–Crippen LogP) is 0.614. The first kappa shape index (κ1) is 14.9. The van der Waals surface area contributed by atoms with E-state index in [1.807, 2.05) is 13.8 Å². The Bertz CT molecular complexity index is 534. The van der Waals surface area contributed by atoms with E-state index >= 15 is 0 Å². The molecule has 1 aromatic rings. The van der Waals surface area contributed by atoms with E-state index in [2.05, 4.69) is 5.32 Å². The summed E-state index contributed by atoms with van der Waals surface area (Å²) in [6.07, 6.45) is 1.84. The lowest BCUT2D eigenvalue weighted by atomic mass is 10.0. The Hall–Kier alpha value is -2.11. The number of nitrogens with zero attached hydrogens (tertiary/aromatic N) is 1. The first-order valence-electron chi connectivity index (χ1n) is 6.02. The van der Waals surface area contributed by atoms with Crippen molar-refractivity contribution in [1.82, 2.24) is 9.88 Å². The van der Waals surface area contributed by atoms with Crippen LogP contribution in [0.15, 0.2) is 23.1 Å². The second-order valence-corrected chi connectivity index (χ2v) is 4.83. The first-order chi connectivity index (χ1) is 8.82. The van der Waals surface area contributed by atoms with Crippen LogP contribution in [0.5, 0.6) is 0 Å². The van der Waals surface area contributed by atoms with Crippen molar-refractivity contribution in [3.63, 3.8) is 0 Å². The van der Waals surface area contributed by atoms with Gasteiger partial charge in [-0.25, -0.2) is 4.79 Å². The maximum Gasteiger partial charge on any atom is 0.326 e. The lowest BCUT2D eigenvalue weighted by molar-refractivity contribution is -0.139. The molecular weight excluding hydrogens is 248 g/mol. The van der Waals surface area contributed by atoms with Gasteiger partial charge in [-0.05, 0) is 24.5 Å². The molecule has 0 bridgehead atoms. The van der Waals surface area contributed by atoms with Gasteiger partial charge in [0.25, 0.3) is 11.5 Å². The zero-order valence-corrected chi connectivity index (χ0v) is 11.2. The van der Waals surface area contributed by atoms with Gasteiger partial charge in [0.15, 0.2) is 0 Å². The standard InChI is InChI=1S/C13H18N2O4/c1-8(2)7-10(13(18)19)14-11(16)9-5-4-6-15(3)12(9)17/h4-6,8,10H,7H2,1-3H3,(H,14,16)(H,18,19). The third kappa shape index (κ3) is 3.94. The van der Waals surface area contributed by atoms with Gasteiger partial charge in [-0.2, -0.15) is 0 Å². The smallest absolute Gasteiger partial charge is 0.326 e. The van der Waals surface area contributed by atoms with Crippen molar-refractivity contribution < 1.29 is 14.7 Å². The highest BCUT2D eigenvalue weighted by atomic mass is 16.4. The number of rotatable bonds is 5. The summed E-state index contributed by atoms with van der Waals surface area (Å²) in [5, 5.41) is 11.4. The molecule has 0 saturated heterocycles. The number of carboxylic acids is 1. The number of nitrogens with one attached hydrogen (secondary N) is 1. The number of aryl methyl sites for hydroxylation is 1. The fourth-order valence-electron chi connectivity index (χ4n) is 1.70. The number of carbonyl (C=O) groups is 2. The SMILES string of the molecule is CC(C)CC(NC(=O)c1cccn(C)c1=O)C(=O)O.